The highest BCUT2D eigenvalue weighted by molar-refractivity contribution is 5.99. The van der Waals surface area contributed by atoms with E-state index in [1.807, 2.05) is 0 Å². The molecule has 1 saturated heterocycles. The lowest BCUT2D eigenvalue weighted by atomic mass is 10.1. The predicted octanol–water partition coefficient (Wildman–Crippen LogP) is 1.99. The van der Waals surface area contributed by atoms with Crippen LogP contribution in [0.4, 0.5) is 10.5 Å². The van der Waals surface area contributed by atoms with Gasteiger partial charge in [0, 0.05) is 13.1 Å². The first kappa shape index (κ1) is 15.3. The monoisotopic (exact) mass is 291 g/mol. The lowest BCUT2D eigenvalue weighted by Gasteiger charge is -2.26. The standard InChI is InChI=1S/C15H21N3O3/c19-14(20)12-6-2-3-7-13(12)17-15(21)16-8-11-18-9-4-1-5-10-18/h2-3,6-7H,1,4-5,8-11H2,(H,19,20)(H2,16,17,21). The van der Waals surface area contributed by atoms with Gasteiger partial charge in [0.1, 0.15) is 0 Å². The second kappa shape index (κ2) is 7.64. The smallest absolute Gasteiger partial charge is 0.337 e. The highest BCUT2D eigenvalue weighted by Gasteiger charge is 2.12. The summed E-state index contributed by atoms with van der Waals surface area (Å²) in [5, 5.41) is 14.4. The molecule has 114 valence electrons. The van der Waals surface area contributed by atoms with E-state index in [0.717, 1.165) is 19.6 Å². The zero-order valence-corrected chi connectivity index (χ0v) is 12.0. The van der Waals surface area contributed by atoms with Crippen LogP contribution in [0.15, 0.2) is 24.3 Å². The number of nitrogens with one attached hydrogen (secondary N) is 2. The van der Waals surface area contributed by atoms with Gasteiger partial charge >= 0.3 is 12.0 Å². The fourth-order valence-electron chi connectivity index (χ4n) is 2.46. The van der Waals surface area contributed by atoms with Crippen LogP contribution in [-0.4, -0.2) is 48.2 Å². The van der Waals surface area contributed by atoms with Crippen molar-refractivity contribution in [2.75, 3.05) is 31.5 Å². The summed E-state index contributed by atoms with van der Waals surface area (Å²) in [6, 6.07) is 5.98. The summed E-state index contributed by atoms with van der Waals surface area (Å²) < 4.78 is 0. The molecule has 21 heavy (non-hydrogen) atoms. The minimum Gasteiger partial charge on any atom is -0.478 e. The summed E-state index contributed by atoms with van der Waals surface area (Å²) in [4.78, 5) is 25.2. The van der Waals surface area contributed by atoms with Gasteiger partial charge in [-0.1, -0.05) is 18.6 Å². The number of carboxylic acids is 1. The van der Waals surface area contributed by atoms with Crippen LogP contribution in [0.3, 0.4) is 0 Å². The fraction of sp³-hybridized carbons (Fsp3) is 0.467. The van der Waals surface area contributed by atoms with Crippen LogP contribution in [-0.2, 0) is 0 Å². The second-order valence-corrected chi connectivity index (χ2v) is 5.13. The van der Waals surface area contributed by atoms with Crippen molar-refractivity contribution in [3.05, 3.63) is 29.8 Å². The Morgan fingerprint density at radius 3 is 2.57 bits per heavy atom. The lowest BCUT2D eigenvalue weighted by molar-refractivity contribution is 0.0698. The Balaban J connectivity index is 1.78. The molecule has 0 radical (unpaired) electrons. The molecule has 1 aromatic rings. The van der Waals surface area contributed by atoms with E-state index in [1.165, 1.54) is 25.3 Å². The Kier molecular flexibility index (Phi) is 5.57. The molecule has 1 aliphatic heterocycles. The van der Waals surface area contributed by atoms with Gasteiger partial charge in [-0.3, -0.25) is 0 Å². The quantitative estimate of drug-likeness (QED) is 0.775. The summed E-state index contributed by atoms with van der Waals surface area (Å²) in [6.07, 6.45) is 3.73. The maximum absolute atomic E-state index is 11.8. The van der Waals surface area contributed by atoms with E-state index in [2.05, 4.69) is 15.5 Å². The minimum atomic E-state index is -1.06. The van der Waals surface area contributed by atoms with Gasteiger partial charge in [-0.05, 0) is 38.1 Å². The Hall–Kier alpha value is -2.08. The van der Waals surface area contributed by atoms with Crippen LogP contribution in [0.5, 0.6) is 0 Å². The number of urea groups is 1. The minimum absolute atomic E-state index is 0.0867. The molecule has 1 heterocycles. The highest BCUT2D eigenvalue weighted by Crippen LogP contribution is 2.14. The summed E-state index contributed by atoms with van der Waals surface area (Å²) in [5.41, 5.74) is 0.393. The van der Waals surface area contributed by atoms with Crippen molar-refractivity contribution in [2.24, 2.45) is 0 Å². The molecule has 2 rings (SSSR count). The molecule has 1 fully saturated rings. The van der Waals surface area contributed by atoms with Crippen molar-refractivity contribution in [3.8, 4) is 0 Å². The van der Waals surface area contributed by atoms with Gasteiger partial charge in [0.25, 0.3) is 0 Å². The normalized spacial score (nSPS) is 15.4. The number of anilines is 1. The van der Waals surface area contributed by atoms with Crippen LogP contribution in [0.2, 0.25) is 0 Å². The number of likely N-dealkylation sites (tertiary alicyclic amines) is 1. The van der Waals surface area contributed by atoms with E-state index in [1.54, 1.807) is 18.2 Å². The van der Waals surface area contributed by atoms with E-state index in [-0.39, 0.29) is 11.6 Å². The van der Waals surface area contributed by atoms with Crippen LogP contribution >= 0.6 is 0 Å². The first-order chi connectivity index (χ1) is 10.2. The van der Waals surface area contributed by atoms with Crippen molar-refractivity contribution >= 4 is 17.7 Å². The number of carboxylic acid groups (broad SMARTS) is 1. The van der Waals surface area contributed by atoms with E-state index in [9.17, 15) is 9.59 Å². The molecule has 3 N–H and O–H groups in total. The van der Waals surface area contributed by atoms with Crippen LogP contribution in [0, 0.1) is 0 Å². The van der Waals surface area contributed by atoms with Gasteiger partial charge in [0.2, 0.25) is 0 Å². The van der Waals surface area contributed by atoms with Gasteiger partial charge in [-0.15, -0.1) is 0 Å². The molecule has 0 atom stereocenters. The molecule has 0 saturated carbocycles. The number of aromatic carboxylic acids is 1. The number of carbonyl (C=O) groups is 2. The third kappa shape index (κ3) is 4.75. The number of hydrogen-bond acceptors (Lipinski definition) is 3. The summed E-state index contributed by atoms with van der Waals surface area (Å²) in [7, 11) is 0. The third-order valence-electron chi connectivity index (χ3n) is 3.57. The maximum atomic E-state index is 11.8. The third-order valence-corrected chi connectivity index (χ3v) is 3.57. The number of carbonyl (C=O) groups excluding carboxylic acids is 1. The predicted molar refractivity (Wildman–Crippen MR) is 80.7 cm³/mol. The van der Waals surface area contributed by atoms with Crippen LogP contribution in [0.1, 0.15) is 29.6 Å². The molecule has 6 heteroatoms. The van der Waals surface area contributed by atoms with Crippen molar-refractivity contribution in [1.29, 1.82) is 0 Å². The molecule has 0 aliphatic carbocycles. The Bertz CT molecular complexity index is 499. The summed E-state index contributed by atoms with van der Waals surface area (Å²) >= 11 is 0. The second-order valence-electron chi connectivity index (χ2n) is 5.13. The molecule has 0 spiro atoms. The maximum Gasteiger partial charge on any atom is 0.337 e. The van der Waals surface area contributed by atoms with Gasteiger partial charge in [-0.25, -0.2) is 9.59 Å². The Labute approximate surface area is 124 Å². The van der Waals surface area contributed by atoms with E-state index in [0.29, 0.717) is 12.2 Å². The Morgan fingerprint density at radius 2 is 1.86 bits per heavy atom. The van der Waals surface area contributed by atoms with Crippen molar-refractivity contribution in [2.45, 2.75) is 19.3 Å². The number of amides is 2. The lowest BCUT2D eigenvalue weighted by Crippen LogP contribution is -2.39. The van der Waals surface area contributed by atoms with Crippen molar-refractivity contribution < 1.29 is 14.7 Å². The average Bonchev–Trinajstić information content (AvgIpc) is 2.48. The largest absolute Gasteiger partial charge is 0.478 e. The molecule has 0 aromatic heterocycles. The topological polar surface area (TPSA) is 81.7 Å². The van der Waals surface area contributed by atoms with Crippen molar-refractivity contribution in [1.82, 2.24) is 10.2 Å². The average molecular weight is 291 g/mol. The number of rotatable bonds is 5. The fourth-order valence-corrected chi connectivity index (χ4v) is 2.46. The zero-order chi connectivity index (χ0) is 15.1. The molecular formula is C15H21N3O3. The molecule has 6 nitrogen and oxygen atoms in total. The zero-order valence-electron chi connectivity index (χ0n) is 12.0. The number of hydrogen-bond donors (Lipinski definition) is 3. The molecule has 2 amide bonds. The van der Waals surface area contributed by atoms with E-state index in [4.69, 9.17) is 5.11 Å². The van der Waals surface area contributed by atoms with E-state index < -0.39 is 5.97 Å². The SMILES string of the molecule is O=C(NCCN1CCCCC1)Nc1ccccc1C(=O)O. The summed E-state index contributed by atoms with van der Waals surface area (Å²) in [6.45, 7) is 3.56. The molecule has 1 aliphatic rings. The van der Waals surface area contributed by atoms with Crippen molar-refractivity contribution in [3.63, 3.8) is 0 Å². The first-order valence-corrected chi connectivity index (χ1v) is 7.26. The number of piperidine rings is 1. The van der Waals surface area contributed by atoms with Gasteiger partial charge in [-0.2, -0.15) is 0 Å². The molecular weight excluding hydrogens is 270 g/mol. The Morgan fingerprint density at radius 1 is 1.14 bits per heavy atom. The molecule has 1 aromatic carbocycles. The summed E-state index contributed by atoms with van der Waals surface area (Å²) in [5.74, 6) is -1.06. The number of nitrogens with zero attached hydrogens (tertiary/aromatic N) is 1. The highest BCUT2D eigenvalue weighted by atomic mass is 16.4. The molecule has 0 bridgehead atoms. The van der Waals surface area contributed by atoms with Gasteiger partial charge in [0.05, 0.1) is 11.3 Å². The van der Waals surface area contributed by atoms with Gasteiger partial charge < -0.3 is 20.6 Å². The molecule has 0 unspecified atom stereocenters. The first-order valence-electron chi connectivity index (χ1n) is 7.26. The number of benzene rings is 1. The number of para-hydroxylation sites is 1. The van der Waals surface area contributed by atoms with Gasteiger partial charge in [0.15, 0.2) is 0 Å². The van der Waals surface area contributed by atoms with E-state index >= 15 is 0 Å². The van der Waals surface area contributed by atoms with Crippen LogP contribution in [0.25, 0.3) is 0 Å². The van der Waals surface area contributed by atoms with Crippen LogP contribution < -0.4 is 10.6 Å².